The summed E-state index contributed by atoms with van der Waals surface area (Å²) in [6.07, 6.45) is 11.9. The highest BCUT2D eigenvalue weighted by Crippen LogP contribution is 2.50. The van der Waals surface area contributed by atoms with E-state index in [1.165, 1.54) is 57.9 Å². The van der Waals surface area contributed by atoms with Gasteiger partial charge < -0.3 is 5.32 Å². The molecule has 0 spiro atoms. The summed E-state index contributed by atoms with van der Waals surface area (Å²) in [4.78, 5) is 0. The molecule has 0 aromatic carbocycles. The molecule has 0 aromatic rings. The minimum atomic E-state index is 0.267. The highest BCUT2D eigenvalue weighted by Gasteiger charge is 2.42. The van der Waals surface area contributed by atoms with Crippen LogP contribution >= 0.6 is 0 Å². The van der Waals surface area contributed by atoms with Crippen molar-refractivity contribution in [3.05, 3.63) is 0 Å². The Morgan fingerprint density at radius 3 is 2.00 bits per heavy atom. The fourth-order valence-electron chi connectivity index (χ4n) is 3.68. The second-order valence-corrected chi connectivity index (χ2v) is 8.24. The van der Waals surface area contributed by atoms with Crippen molar-refractivity contribution >= 4 is 0 Å². The predicted molar refractivity (Wildman–Crippen MR) is 79.8 cm³/mol. The van der Waals surface area contributed by atoms with Gasteiger partial charge in [0.05, 0.1) is 0 Å². The third-order valence-electron chi connectivity index (χ3n) is 5.07. The van der Waals surface area contributed by atoms with Gasteiger partial charge in [0.15, 0.2) is 0 Å². The molecule has 18 heavy (non-hydrogen) atoms. The maximum atomic E-state index is 3.77. The summed E-state index contributed by atoms with van der Waals surface area (Å²) in [5, 5.41) is 3.77. The van der Waals surface area contributed by atoms with Crippen molar-refractivity contribution in [3.63, 3.8) is 0 Å². The predicted octanol–water partition coefficient (Wildman–Crippen LogP) is 4.76. The minimum absolute atomic E-state index is 0.267. The summed E-state index contributed by atoms with van der Waals surface area (Å²) in [6.45, 7) is 10.7. The zero-order valence-corrected chi connectivity index (χ0v) is 13.0. The van der Waals surface area contributed by atoms with Crippen LogP contribution in [0.5, 0.6) is 0 Å². The molecule has 1 atom stereocenters. The van der Waals surface area contributed by atoms with Gasteiger partial charge in [-0.1, -0.05) is 39.0 Å². The largest absolute Gasteiger partial charge is 0.312 e. The first-order chi connectivity index (χ1) is 8.39. The number of nitrogens with one attached hydrogen (secondary N) is 1. The Hall–Kier alpha value is -0.0400. The third-order valence-corrected chi connectivity index (χ3v) is 5.07. The monoisotopic (exact) mass is 251 g/mol. The standard InChI is InChI=1S/C17H33N/c1-16(2,3)18-13-17(4,15-10-11-15)12-14-8-6-5-7-9-14/h14-15,18H,5-13H2,1-4H3. The normalized spacial score (nSPS) is 26.0. The molecule has 0 radical (unpaired) electrons. The van der Waals surface area contributed by atoms with Crippen molar-refractivity contribution in [2.45, 2.75) is 84.6 Å². The number of rotatable bonds is 5. The summed E-state index contributed by atoms with van der Waals surface area (Å²) in [5.74, 6) is 2.03. The molecule has 0 aromatic heterocycles. The van der Waals surface area contributed by atoms with E-state index in [4.69, 9.17) is 0 Å². The highest BCUT2D eigenvalue weighted by molar-refractivity contribution is 4.95. The van der Waals surface area contributed by atoms with E-state index in [2.05, 4.69) is 33.0 Å². The molecule has 1 N–H and O–H groups in total. The van der Waals surface area contributed by atoms with Crippen LogP contribution in [0, 0.1) is 17.3 Å². The van der Waals surface area contributed by atoms with Gasteiger partial charge in [-0.3, -0.25) is 0 Å². The van der Waals surface area contributed by atoms with E-state index in [0.717, 1.165) is 11.8 Å². The van der Waals surface area contributed by atoms with Crippen LogP contribution < -0.4 is 5.32 Å². The van der Waals surface area contributed by atoms with Crippen LogP contribution in [-0.4, -0.2) is 12.1 Å². The molecule has 2 saturated carbocycles. The second kappa shape index (κ2) is 5.53. The zero-order valence-electron chi connectivity index (χ0n) is 13.0. The van der Waals surface area contributed by atoms with Gasteiger partial charge in [0.25, 0.3) is 0 Å². The van der Waals surface area contributed by atoms with Crippen molar-refractivity contribution in [2.24, 2.45) is 17.3 Å². The maximum absolute atomic E-state index is 3.77. The summed E-state index contributed by atoms with van der Waals surface area (Å²) in [7, 11) is 0. The van der Waals surface area contributed by atoms with E-state index in [1.54, 1.807) is 0 Å². The van der Waals surface area contributed by atoms with Crippen molar-refractivity contribution in [1.29, 1.82) is 0 Å². The quantitative estimate of drug-likeness (QED) is 0.743. The van der Waals surface area contributed by atoms with E-state index in [1.807, 2.05) is 0 Å². The highest BCUT2D eigenvalue weighted by atomic mass is 15.0. The molecule has 0 amide bonds. The lowest BCUT2D eigenvalue weighted by atomic mass is 9.72. The lowest BCUT2D eigenvalue weighted by Gasteiger charge is -2.38. The van der Waals surface area contributed by atoms with Crippen LogP contribution in [0.3, 0.4) is 0 Å². The van der Waals surface area contributed by atoms with Crippen LogP contribution in [0.4, 0.5) is 0 Å². The molecule has 106 valence electrons. The molecule has 1 unspecified atom stereocenters. The van der Waals surface area contributed by atoms with Crippen molar-refractivity contribution in [3.8, 4) is 0 Å². The van der Waals surface area contributed by atoms with E-state index in [9.17, 15) is 0 Å². The SMILES string of the molecule is CC(C)(C)NCC(C)(CC1CCCCC1)C1CC1. The average molecular weight is 251 g/mol. The van der Waals surface area contributed by atoms with E-state index < -0.39 is 0 Å². The molecule has 0 saturated heterocycles. The molecular weight excluding hydrogens is 218 g/mol. The van der Waals surface area contributed by atoms with Gasteiger partial charge in [-0.15, -0.1) is 0 Å². The number of hydrogen-bond donors (Lipinski definition) is 1. The third kappa shape index (κ3) is 4.26. The fraction of sp³-hybridized carbons (Fsp3) is 1.00. The smallest absolute Gasteiger partial charge is 0.00967 e. The maximum Gasteiger partial charge on any atom is 0.00967 e. The lowest BCUT2D eigenvalue weighted by Crippen LogP contribution is -2.44. The lowest BCUT2D eigenvalue weighted by molar-refractivity contribution is 0.156. The van der Waals surface area contributed by atoms with Gasteiger partial charge in [0, 0.05) is 12.1 Å². The molecule has 1 nitrogen and oxygen atoms in total. The Labute approximate surface area is 114 Å². The van der Waals surface area contributed by atoms with Crippen LogP contribution in [0.2, 0.25) is 0 Å². The van der Waals surface area contributed by atoms with Crippen molar-refractivity contribution in [1.82, 2.24) is 5.32 Å². The van der Waals surface area contributed by atoms with E-state index in [-0.39, 0.29) is 5.54 Å². The topological polar surface area (TPSA) is 12.0 Å². The van der Waals surface area contributed by atoms with E-state index in [0.29, 0.717) is 5.41 Å². The molecule has 2 aliphatic carbocycles. The summed E-state index contributed by atoms with van der Waals surface area (Å²) >= 11 is 0. The Bertz CT molecular complexity index is 255. The molecule has 2 aliphatic rings. The summed E-state index contributed by atoms with van der Waals surface area (Å²) in [6, 6.07) is 0. The Morgan fingerprint density at radius 1 is 0.889 bits per heavy atom. The number of hydrogen-bond acceptors (Lipinski definition) is 1. The van der Waals surface area contributed by atoms with Crippen LogP contribution in [0.1, 0.15) is 79.1 Å². The van der Waals surface area contributed by atoms with Gasteiger partial charge in [0.1, 0.15) is 0 Å². The van der Waals surface area contributed by atoms with Gasteiger partial charge >= 0.3 is 0 Å². The second-order valence-electron chi connectivity index (χ2n) is 8.24. The Kier molecular flexibility index (Phi) is 4.41. The van der Waals surface area contributed by atoms with Crippen molar-refractivity contribution in [2.75, 3.05) is 6.54 Å². The molecule has 0 bridgehead atoms. The first-order valence-electron chi connectivity index (χ1n) is 8.14. The first kappa shape index (κ1) is 14.4. The molecule has 0 heterocycles. The molecule has 2 fully saturated rings. The van der Waals surface area contributed by atoms with Crippen LogP contribution in [0.25, 0.3) is 0 Å². The van der Waals surface area contributed by atoms with Gasteiger partial charge in [0.2, 0.25) is 0 Å². The molecular formula is C17H33N. The molecule has 1 heteroatoms. The van der Waals surface area contributed by atoms with E-state index >= 15 is 0 Å². The van der Waals surface area contributed by atoms with Crippen LogP contribution in [0.15, 0.2) is 0 Å². The summed E-state index contributed by atoms with van der Waals surface area (Å²) < 4.78 is 0. The van der Waals surface area contributed by atoms with Crippen LogP contribution in [-0.2, 0) is 0 Å². The van der Waals surface area contributed by atoms with Gasteiger partial charge in [-0.2, -0.15) is 0 Å². The molecule has 0 aliphatic heterocycles. The summed E-state index contributed by atoms with van der Waals surface area (Å²) in [5.41, 5.74) is 0.831. The Balaban J connectivity index is 1.88. The Morgan fingerprint density at radius 2 is 1.50 bits per heavy atom. The molecule has 2 rings (SSSR count). The minimum Gasteiger partial charge on any atom is -0.312 e. The zero-order chi connectivity index (χ0) is 13.2. The average Bonchev–Trinajstić information content (AvgIpc) is 3.11. The van der Waals surface area contributed by atoms with Gasteiger partial charge in [-0.05, 0) is 57.3 Å². The van der Waals surface area contributed by atoms with Gasteiger partial charge in [-0.25, -0.2) is 0 Å². The van der Waals surface area contributed by atoms with Crippen molar-refractivity contribution < 1.29 is 0 Å². The first-order valence-corrected chi connectivity index (χ1v) is 8.14. The fourth-order valence-corrected chi connectivity index (χ4v) is 3.68.